The summed E-state index contributed by atoms with van der Waals surface area (Å²) in [5.41, 5.74) is 0.597. The SMILES string of the molecule is COc1ccc(-n2nc(C(=O)N3CCOCC3)c(C)c2Oc2ccc([N+](=O)[O-])cc2S(=O)(=O)N2CCOCC2)cc1. The molecule has 0 bridgehead atoms. The third-order valence-corrected chi connectivity index (χ3v) is 8.74. The van der Waals surface area contributed by atoms with Gasteiger partial charge in [0.15, 0.2) is 5.69 Å². The number of nitro groups is 1. The number of methoxy groups -OCH3 is 1. The molecule has 3 aromatic rings. The number of rotatable bonds is 8. The predicted octanol–water partition coefficient (Wildman–Crippen LogP) is 2.38. The molecule has 0 unspecified atom stereocenters. The standard InChI is InChI=1S/C26H29N5O9S/c1-18-24(25(32)28-9-13-38-14-10-28)27-30(19-3-6-21(37-2)7-4-19)26(18)40-22-8-5-20(31(33)34)17-23(22)41(35,36)29-11-15-39-16-12-29/h3-8,17H,9-16H2,1-2H3. The predicted molar refractivity (Wildman–Crippen MR) is 144 cm³/mol. The Morgan fingerprint density at radius 1 is 1.00 bits per heavy atom. The van der Waals surface area contributed by atoms with Crippen molar-refractivity contribution < 1.29 is 37.1 Å². The van der Waals surface area contributed by atoms with Gasteiger partial charge in [-0.3, -0.25) is 14.9 Å². The van der Waals surface area contributed by atoms with Crippen molar-refractivity contribution in [3.8, 4) is 23.1 Å². The molecule has 1 aromatic heterocycles. The highest BCUT2D eigenvalue weighted by Gasteiger charge is 2.33. The lowest BCUT2D eigenvalue weighted by atomic mass is 10.2. The lowest BCUT2D eigenvalue weighted by Crippen LogP contribution is -2.41. The van der Waals surface area contributed by atoms with Gasteiger partial charge in [0.1, 0.15) is 16.4 Å². The monoisotopic (exact) mass is 587 g/mol. The smallest absolute Gasteiger partial charge is 0.274 e. The van der Waals surface area contributed by atoms with E-state index in [1.54, 1.807) is 36.1 Å². The molecule has 1 amide bonds. The summed E-state index contributed by atoms with van der Waals surface area (Å²) in [5, 5.41) is 16.1. The minimum absolute atomic E-state index is 0.0825. The van der Waals surface area contributed by atoms with E-state index in [9.17, 15) is 23.3 Å². The Labute approximate surface area is 236 Å². The van der Waals surface area contributed by atoms with Crippen molar-refractivity contribution in [3.63, 3.8) is 0 Å². The number of benzene rings is 2. The highest BCUT2D eigenvalue weighted by Crippen LogP contribution is 2.37. The van der Waals surface area contributed by atoms with Crippen LogP contribution in [0.3, 0.4) is 0 Å². The number of morpholine rings is 2. The van der Waals surface area contributed by atoms with Crippen molar-refractivity contribution in [2.45, 2.75) is 11.8 Å². The molecule has 0 saturated carbocycles. The number of non-ortho nitro benzene ring substituents is 1. The number of carbonyl (C=O) groups is 1. The van der Waals surface area contributed by atoms with E-state index < -0.39 is 20.6 Å². The summed E-state index contributed by atoms with van der Waals surface area (Å²) >= 11 is 0. The van der Waals surface area contributed by atoms with Gasteiger partial charge >= 0.3 is 0 Å². The van der Waals surface area contributed by atoms with Crippen molar-refractivity contribution in [2.75, 3.05) is 59.7 Å². The Bertz CT molecular complexity index is 1540. The Morgan fingerprint density at radius 2 is 1.63 bits per heavy atom. The first-order valence-corrected chi connectivity index (χ1v) is 14.3. The first-order valence-electron chi connectivity index (χ1n) is 12.9. The summed E-state index contributed by atoms with van der Waals surface area (Å²) in [7, 11) is -2.67. The van der Waals surface area contributed by atoms with Gasteiger partial charge in [0.25, 0.3) is 11.6 Å². The summed E-state index contributed by atoms with van der Waals surface area (Å²) in [6.07, 6.45) is 0. The molecular formula is C26H29N5O9S. The second kappa shape index (κ2) is 11.8. The van der Waals surface area contributed by atoms with Gasteiger partial charge in [0.2, 0.25) is 15.9 Å². The van der Waals surface area contributed by atoms with Gasteiger partial charge in [-0.1, -0.05) is 0 Å². The topological polar surface area (TPSA) is 156 Å². The van der Waals surface area contributed by atoms with Crippen LogP contribution >= 0.6 is 0 Å². The van der Waals surface area contributed by atoms with Gasteiger partial charge in [-0.05, 0) is 37.3 Å². The minimum Gasteiger partial charge on any atom is -0.497 e. The normalized spacial score (nSPS) is 16.4. The molecule has 2 fully saturated rings. The Kier molecular flexibility index (Phi) is 8.21. The molecule has 218 valence electrons. The quantitative estimate of drug-likeness (QED) is 0.283. The molecule has 3 heterocycles. The van der Waals surface area contributed by atoms with E-state index in [1.807, 2.05) is 0 Å². The van der Waals surface area contributed by atoms with E-state index in [-0.39, 0.29) is 54.4 Å². The van der Waals surface area contributed by atoms with Crippen molar-refractivity contribution in [1.82, 2.24) is 19.0 Å². The van der Waals surface area contributed by atoms with Gasteiger partial charge < -0.3 is 23.8 Å². The summed E-state index contributed by atoms with van der Waals surface area (Å²) < 4.78 is 52.0. The average molecular weight is 588 g/mol. The summed E-state index contributed by atoms with van der Waals surface area (Å²) in [5.74, 6) is 0.205. The van der Waals surface area contributed by atoms with Crippen molar-refractivity contribution >= 4 is 21.6 Å². The van der Waals surface area contributed by atoms with Crippen LogP contribution in [0.2, 0.25) is 0 Å². The zero-order valence-corrected chi connectivity index (χ0v) is 23.3. The number of ether oxygens (including phenoxy) is 4. The summed E-state index contributed by atoms with van der Waals surface area (Å²) in [6, 6.07) is 10.2. The zero-order chi connectivity index (χ0) is 29.1. The third kappa shape index (κ3) is 5.74. The lowest BCUT2D eigenvalue weighted by Gasteiger charge is -2.26. The Balaban J connectivity index is 1.62. The van der Waals surface area contributed by atoms with Crippen molar-refractivity contribution in [3.05, 3.63) is 63.8 Å². The van der Waals surface area contributed by atoms with Crippen LogP contribution in [-0.2, 0) is 19.5 Å². The van der Waals surface area contributed by atoms with Gasteiger partial charge in [0.05, 0.1) is 44.1 Å². The third-order valence-electron chi connectivity index (χ3n) is 6.82. The number of sulfonamides is 1. The summed E-state index contributed by atoms with van der Waals surface area (Å²) in [4.78, 5) is 25.6. The molecule has 14 nitrogen and oxygen atoms in total. The van der Waals surface area contributed by atoms with E-state index in [0.717, 1.165) is 12.1 Å². The fraction of sp³-hybridized carbons (Fsp3) is 0.385. The van der Waals surface area contributed by atoms with Gasteiger partial charge in [-0.2, -0.15) is 14.1 Å². The second-order valence-corrected chi connectivity index (χ2v) is 11.2. The highest BCUT2D eigenvalue weighted by molar-refractivity contribution is 7.89. The van der Waals surface area contributed by atoms with E-state index in [4.69, 9.17) is 18.9 Å². The molecule has 0 N–H and O–H groups in total. The van der Waals surface area contributed by atoms with Crippen LogP contribution < -0.4 is 9.47 Å². The number of nitrogens with zero attached hydrogens (tertiary/aromatic N) is 5. The first-order chi connectivity index (χ1) is 19.7. The number of hydrogen-bond acceptors (Lipinski definition) is 10. The van der Waals surface area contributed by atoms with Crippen LogP contribution in [0.5, 0.6) is 17.4 Å². The first kappa shape index (κ1) is 28.5. The molecule has 2 aliphatic rings. The van der Waals surface area contributed by atoms with E-state index in [1.165, 1.54) is 22.2 Å². The molecular weight excluding hydrogens is 558 g/mol. The maximum atomic E-state index is 13.7. The average Bonchev–Trinajstić information content (AvgIpc) is 3.33. The lowest BCUT2D eigenvalue weighted by molar-refractivity contribution is -0.385. The Morgan fingerprint density at radius 3 is 2.24 bits per heavy atom. The Hall–Kier alpha value is -4.05. The van der Waals surface area contributed by atoms with E-state index in [2.05, 4.69) is 5.10 Å². The molecule has 2 aliphatic heterocycles. The van der Waals surface area contributed by atoms with Crippen LogP contribution in [0.25, 0.3) is 5.69 Å². The number of hydrogen-bond donors (Lipinski definition) is 0. The number of aromatic nitrogens is 2. The van der Waals surface area contributed by atoms with Crippen LogP contribution in [-0.4, -0.2) is 98.0 Å². The molecule has 0 atom stereocenters. The molecule has 0 aliphatic carbocycles. The largest absolute Gasteiger partial charge is 0.497 e. The zero-order valence-electron chi connectivity index (χ0n) is 22.5. The molecule has 0 radical (unpaired) electrons. The van der Waals surface area contributed by atoms with E-state index >= 15 is 0 Å². The van der Waals surface area contributed by atoms with Gasteiger partial charge in [0, 0.05) is 43.9 Å². The number of amides is 1. The fourth-order valence-corrected chi connectivity index (χ4v) is 6.09. The van der Waals surface area contributed by atoms with Crippen LogP contribution in [0.15, 0.2) is 47.4 Å². The highest BCUT2D eigenvalue weighted by atomic mass is 32.2. The van der Waals surface area contributed by atoms with Crippen LogP contribution in [0, 0.1) is 17.0 Å². The molecule has 0 spiro atoms. The van der Waals surface area contributed by atoms with Crippen LogP contribution in [0.4, 0.5) is 5.69 Å². The fourth-order valence-electron chi connectivity index (χ4n) is 4.54. The maximum Gasteiger partial charge on any atom is 0.274 e. The molecule has 2 saturated heterocycles. The molecule has 2 aromatic carbocycles. The van der Waals surface area contributed by atoms with Gasteiger partial charge in [-0.25, -0.2) is 8.42 Å². The molecule has 41 heavy (non-hydrogen) atoms. The number of carbonyl (C=O) groups excluding carboxylic acids is 1. The number of nitro benzene ring substituents is 1. The molecule has 5 rings (SSSR count). The second-order valence-electron chi connectivity index (χ2n) is 9.30. The van der Waals surface area contributed by atoms with Crippen LogP contribution in [0.1, 0.15) is 16.1 Å². The van der Waals surface area contributed by atoms with Crippen molar-refractivity contribution in [2.24, 2.45) is 0 Å². The van der Waals surface area contributed by atoms with Crippen molar-refractivity contribution in [1.29, 1.82) is 0 Å². The minimum atomic E-state index is -4.21. The summed E-state index contributed by atoms with van der Waals surface area (Å²) in [6.45, 7) is 3.82. The van der Waals surface area contributed by atoms with E-state index in [0.29, 0.717) is 43.3 Å². The maximum absolute atomic E-state index is 13.7. The van der Waals surface area contributed by atoms with Gasteiger partial charge in [-0.15, -0.1) is 0 Å². The molecule has 15 heteroatoms.